The van der Waals surface area contributed by atoms with Crippen LogP contribution in [0.5, 0.6) is 5.75 Å². The Kier molecular flexibility index (Phi) is 7.16. The third-order valence-electron chi connectivity index (χ3n) is 4.96. The Balaban J connectivity index is 1.53. The molecule has 1 saturated heterocycles. The number of halogens is 1. The number of ether oxygens (including phenoxy) is 2. The maximum atomic E-state index is 12.5. The van der Waals surface area contributed by atoms with Crippen LogP contribution >= 0.6 is 15.9 Å². The second-order valence-electron chi connectivity index (χ2n) is 7.27. The van der Waals surface area contributed by atoms with Crippen molar-refractivity contribution >= 4 is 55.9 Å². The standard InChI is InChI=1S/C23H22BrN5O4/c1-32-20-12-18-17(23(26-14-25-18)27-16-5-2-4-15(24)10-16)11-19(20)28-21(30)6-3-7-29-8-9-33-22(31)13-29/h2-6,10-12,14H,7-9,13H2,1H3,(H,28,30)(H,25,26,27). The largest absolute Gasteiger partial charge is 0.494 e. The predicted molar refractivity (Wildman–Crippen MR) is 129 cm³/mol. The van der Waals surface area contributed by atoms with E-state index in [1.165, 1.54) is 19.5 Å². The van der Waals surface area contributed by atoms with Gasteiger partial charge in [0.15, 0.2) is 0 Å². The van der Waals surface area contributed by atoms with E-state index < -0.39 is 0 Å². The number of fused-ring (bicyclic) bond motifs is 1. The van der Waals surface area contributed by atoms with Crippen LogP contribution in [0.25, 0.3) is 10.9 Å². The van der Waals surface area contributed by atoms with E-state index in [0.717, 1.165) is 15.5 Å². The van der Waals surface area contributed by atoms with Gasteiger partial charge >= 0.3 is 5.97 Å². The van der Waals surface area contributed by atoms with Crippen molar-refractivity contribution in [2.75, 3.05) is 44.0 Å². The molecule has 0 bridgehead atoms. The number of benzene rings is 2. The molecule has 0 radical (unpaired) electrons. The fraction of sp³-hybridized carbons (Fsp3) is 0.217. The summed E-state index contributed by atoms with van der Waals surface area (Å²) in [6.45, 7) is 1.71. The van der Waals surface area contributed by atoms with Gasteiger partial charge in [-0.25, -0.2) is 9.97 Å². The van der Waals surface area contributed by atoms with Gasteiger partial charge in [0, 0.05) is 40.8 Å². The molecule has 3 aromatic rings. The Labute approximate surface area is 198 Å². The number of carbonyl (C=O) groups is 2. The molecule has 0 atom stereocenters. The molecule has 1 amide bonds. The highest BCUT2D eigenvalue weighted by atomic mass is 79.9. The van der Waals surface area contributed by atoms with Crippen molar-refractivity contribution in [3.05, 3.63) is 59.4 Å². The van der Waals surface area contributed by atoms with E-state index in [1.54, 1.807) is 18.2 Å². The minimum Gasteiger partial charge on any atom is -0.494 e. The molecule has 0 saturated carbocycles. The highest BCUT2D eigenvalue weighted by Crippen LogP contribution is 2.33. The quantitative estimate of drug-likeness (QED) is 0.366. The molecule has 1 aliphatic heterocycles. The van der Waals surface area contributed by atoms with Crippen LogP contribution in [0.4, 0.5) is 17.2 Å². The summed E-state index contributed by atoms with van der Waals surface area (Å²) in [5.41, 5.74) is 2.02. The number of cyclic esters (lactones) is 1. The summed E-state index contributed by atoms with van der Waals surface area (Å²) in [7, 11) is 1.53. The van der Waals surface area contributed by atoms with E-state index in [0.29, 0.717) is 42.5 Å². The second-order valence-corrected chi connectivity index (χ2v) is 8.19. The summed E-state index contributed by atoms with van der Waals surface area (Å²) in [5, 5.41) is 6.86. The monoisotopic (exact) mass is 511 g/mol. The van der Waals surface area contributed by atoms with E-state index >= 15 is 0 Å². The van der Waals surface area contributed by atoms with Crippen LogP contribution in [0.15, 0.2) is 59.4 Å². The fourth-order valence-corrected chi connectivity index (χ4v) is 3.79. The first-order valence-electron chi connectivity index (χ1n) is 10.2. The lowest BCUT2D eigenvalue weighted by Crippen LogP contribution is -2.39. The highest BCUT2D eigenvalue weighted by Gasteiger charge is 2.16. The van der Waals surface area contributed by atoms with Crippen molar-refractivity contribution in [2.45, 2.75) is 0 Å². The van der Waals surface area contributed by atoms with Crippen LogP contribution in [0, 0.1) is 0 Å². The van der Waals surface area contributed by atoms with E-state index in [1.807, 2.05) is 29.2 Å². The lowest BCUT2D eigenvalue weighted by molar-refractivity contribution is -0.150. The zero-order valence-electron chi connectivity index (χ0n) is 17.9. The molecule has 1 aliphatic rings. The first-order valence-corrected chi connectivity index (χ1v) is 11.0. The Morgan fingerprint density at radius 3 is 2.97 bits per heavy atom. The molecule has 170 valence electrons. The smallest absolute Gasteiger partial charge is 0.320 e. The molecule has 0 spiro atoms. The Morgan fingerprint density at radius 2 is 2.18 bits per heavy atom. The molecular formula is C23H22BrN5O4. The van der Waals surface area contributed by atoms with Gasteiger partial charge in [-0.1, -0.05) is 28.1 Å². The number of esters is 1. The third-order valence-corrected chi connectivity index (χ3v) is 5.45. The molecule has 1 fully saturated rings. The minimum absolute atomic E-state index is 0.220. The van der Waals surface area contributed by atoms with Crippen LogP contribution in [-0.4, -0.2) is 60.1 Å². The maximum Gasteiger partial charge on any atom is 0.320 e. The third kappa shape index (κ3) is 5.85. The number of nitrogens with zero attached hydrogens (tertiary/aromatic N) is 3. The Bertz CT molecular complexity index is 1220. The summed E-state index contributed by atoms with van der Waals surface area (Å²) >= 11 is 3.46. The highest BCUT2D eigenvalue weighted by molar-refractivity contribution is 9.10. The predicted octanol–water partition coefficient (Wildman–Crippen LogP) is 3.50. The summed E-state index contributed by atoms with van der Waals surface area (Å²) < 4.78 is 11.3. The number of carbonyl (C=O) groups excluding carboxylic acids is 2. The molecule has 0 unspecified atom stereocenters. The van der Waals surface area contributed by atoms with Crippen molar-refractivity contribution in [3.8, 4) is 5.75 Å². The number of hydrogen-bond acceptors (Lipinski definition) is 8. The summed E-state index contributed by atoms with van der Waals surface area (Å²) in [6.07, 6.45) is 4.62. The lowest BCUT2D eigenvalue weighted by Gasteiger charge is -2.24. The van der Waals surface area contributed by atoms with Gasteiger partial charge in [-0.2, -0.15) is 0 Å². The number of anilines is 3. The van der Waals surface area contributed by atoms with Crippen LogP contribution in [0.2, 0.25) is 0 Å². The number of aromatic nitrogens is 2. The molecule has 33 heavy (non-hydrogen) atoms. The average Bonchev–Trinajstić information content (AvgIpc) is 2.79. The topological polar surface area (TPSA) is 106 Å². The number of hydrogen-bond donors (Lipinski definition) is 2. The Morgan fingerprint density at radius 1 is 1.30 bits per heavy atom. The van der Waals surface area contributed by atoms with Crippen LogP contribution in [-0.2, 0) is 14.3 Å². The van der Waals surface area contributed by atoms with Gasteiger partial charge in [-0.05, 0) is 24.3 Å². The Hall–Kier alpha value is -3.50. The molecule has 1 aromatic heterocycles. The van der Waals surface area contributed by atoms with Gasteiger partial charge in [0.1, 0.15) is 24.5 Å². The van der Waals surface area contributed by atoms with E-state index in [-0.39, 0.29) is 18.4 Å². The van der Waals surface area contributed by atoms with Crippen LogP contribution < -0.4 is 15.4 Å². The van der Waals surface area contributed by atoms with E-state index in [9.17, 15) is 9.59 Å². The molecular weight excluding hydrogens is 490 g/mol. The van der Waals surface area contributed by atoms with E-state index in [4.69, 9.17) is 9.47 Å². The second kappa shape index (κ2) is 10.4. The minimum atomic E-state index is -0.314. The SMILES string of the molecule is COc1cc2ncnc(Nc3cccc(Br)c3)c2cc1NC(=O)C=CCN1CCOC(=O)C1. The number of nitrogens with one attached hydrogen (secondary N) is 2. The van der Waals surface area contributed by atoms with Gasteiger partial charge in [0.25, 0.3) is 0 Å². The molecule has 0 aliphatic carbocycles. The molecule has 2 N–H and O–H groups in total. The first kappa shape index (κ1) is 22.7. The summed E-state index contributed by atoms with van der Waals surface area (Å²) in [6, 6.07) is 11.3. The van der Waals surface area contributed by atoms with Crippen LogP contribution in [0.1, 0.15) is 0 Å². The van der Waals surface area contributed by atoms with E-state index in [2.05, 4.69) is 36.5 Å². The van der Waals surface area contributed by atoms with Gasteiger partial charge in [0.05, 0.1) is 24.9 Å². The molecule has 2 heterocycles. The lowest BCUT2D eigenvalue weighted by atomic mass is 10.2. The van der Waals surface area contributed by atoms with Crippen molar-refractivity contribution in [1.29, 1.82) is 0 Å². The zero-order chi connectivity index (χ0) is 23.2. The van der Waals surface area contributed by atoms with Crippen molar-refractivity contribution in [1.82, 2.24) is 14.9 Å². The van der Waals surface area contributed by atoms with Crippen molar-refractivity contribution in [3.63, 3.8) is 0 Å². The van der Waals surface area contributed by atoms with Gasteiger partial charge in [-0.15, -0.1) is 0 Å². The molecule has 10 heteroatoms. The maximum absolute atomic E-state index is 12.5. The number of amides is 1. The molecule has 4 rings (SSSR count). The van der Waals surface area contributed by atoms with Crippen molar-refractivity contribution in [2.24, 2.45) is 0 Å². The van der Waals surface area contributed by atoms with Gasteiger partial charge in [-0.3, -0.25) is 14.5 Å². The molecule has 9 nitrogen and oxygen atoms in total. The number of rotatable bonds is 7. The van der Waals surface area contributed by atoms with Crippen molar-refractivity contribution < 1.29 is 19.1 Å². The summed E-state index contributed by atoms with van der Waals surface area (Å²) in [5.74, 6) is 0.513. The zero-order valence-corrected chi connectivity index (χ0v) is 19.5. The average molecular weight is 512 g/mol. The summed E-state index contributed by atoms with van der Waals surface area (Å²) in [4.78, 5) is 34.5. The number of morpholine rings is 1. The molecule has 2 aromatic carbocycles. The first-order chi connectivity index (χ1) is 16.0. The fourth-order valence-electron chi connectivity index (χ4n) is 3.39. The van der Waals surface area contributed by atoms with Gasteiger partial charge < -0.3 is 20.1 Å². The normalized spacial score (nSPS) is 14.3. The number of methoxy groups -OCH3 is 1. The van der Waals surface area contributed by atoms with Gasteiger partial charge in [0.2, 0.25) is 5.91 Å². The van der Waals surface area contributed by atoms with Crippen LogP contribution in [0.3, 0.4) is 0 Å².